The molecule has 1 heterocycles. The van der Waals surface area contributed by atoms with E-state index in [1.807, 2.05) is 0 Å². The first-order valence-electron chi connectivity index (χ1n) is 8.60. The average molecular weight is 444 g/mol. The number of halogens is 1. The van der Waals surface area contributed by atoms with Crippen molar-refractivity contribution in [3.8, 4) is 0 Å². The summed E-state index contributed by atoms with van der Waals surface area (Å²) in [6.07, 6.45) is 1.08. The maximum absolute atomic E-state index is 12.3. The number of hydrogen-bond donors (Lipinski definition) is 3. The molecule has 0 bridgehead atoms. The van der Waals surface area contributed by atoms with Crippen molar-refractivity contribution in [1.82, 2.24) is 15.4 Å². The molecule has 0 fully saturated rings. The van der Waals surface area contributed by atoms with Gasteiger partial charge in [0.2, 0.25) is 11.6 Å². The highest BCUT2D eigenvalue weighted by atomic mass is 35.5. The zero-order valence-corrected chi connectivity index (χ0v) is 16.6. The Bertz CT molecular complexity index is 1170. The molecular formula is C18H14ClN7O5. The maximum Gasteiger partial charge on any atom is 0.355 e. The van der Waals surface area contributed by atoms with E-state index in [2.05, 4.69) is 26.1 Å². The smallest absolute Gasteiger partial charge is 0.334 e. The molecule has 0 aliphatic rings. The molecule has 3 rings (SSSR count). The van der Waals surface area contributed by atoms with Crippen molar-refractivity contribution in [2.75, 3.05) is 10.7 Å². The van der Waals surface area contributed by atoms with Crippen molar-refractivity contribution in [2.45, 2.75) is 6.92 Å². The lowest BCUT2D eigenvalue weighted by molar-refractivity contribution is -0.384. The van der Waals surface area contributed by atoms with Crippen LogP contribution in [0, 0.1) is 27.2 Å². The number of nitro groups is 2. The molecule has 158 valence electrons. The van der Waals surface area contributed by atoms with E-state index in [1.165, 1.54) is 12.1 Å². The van der Waals surface area contributed by atoms with Gasteiger partial charge in [-0.3, -0.25) is 35.9 Å². The summed E-state index contributed by atoms with van der Waals surface area (Å²) in [4.78, 5) is 41.0. The summed E-state index contributed by atoms with van der Waals surface area (Å²) in [6.45, 7) is 1.74. The van der Waals surface area contributed by atoms with E-state index in [0.717, 1.165) is 18.5 Å². The number of amides is 1. The number of aromatic nitrogens is 2. The van der Waals surface area contributed by atoms with Crippen LogP contribution in [0.3, 0.4) is 0 Å². The van der Waals surface area contributed by atoms with Crippen LogP contribution in [0.2, 0.25) is 5.02 Å². The van der Waals surface area contributed by atoms with Crippen LogP contribution in [0.15, 0.2) is 48.8 Å². The lowest BCUT2D eigenvalue weighted by Crippen LogP contribution is -2.30. The summed E-state index contributed by atoms with van der Waals surface area (Å²) in [5, 5.41) is 25.7. The summed E-state index contributed by atoms with van der Waals surface area (Å²) in [5.41, 5.74) is 5.25. The third-order valence-electron chi connectivity index (χ3n) is 4.16. The highest BCUT2D eigenvalue weighted by Crippen LogP contribution is 2.33. The number of benzene rings is 2. The predicted molar refractivity (Wildman–Crippen MR) is 112 cm³/mol. The van der Waals surface area contributed by atoms with Gasteiger partial charge >= 0.3 is 5.69 Å². The van der Waals surface area contributed by atoms with Crippen LogP contribution < -0.4 is 16.2 Å². The van der Waals surface area contributed by atoms with Crippen molar-refractivity contribution < 1.29 is 14.6 Å². The number of carbonyl (C=O) groups is 1. The second-order valence-corrected chi connectivity index (χ2v) is 6.50. The van der Waals surface area contributed by atoms with Crippen molar-refractivity contribution in [2.24, 2.45) is 0 Å². The second-order valence-electron chi connectivity index (χ2n) is 6.10. The van der Waals surface area contributed by atoms with E-state index in [-0.39, 0.29) is 22.9 Å². The van der Waals surface area contributed by atoms with Crippen molar-refractivity contribution in [3.63, 3.8) is 0 Å². The summed E-state index contributed by atoms with van der Waals surface area (Å²) < 4.78 is 0. The molecule has 1 aromatic heterocycles. The highest BCUT2D eigenvalue weighted by Gasteiger charge is 2.24. The normalized spacial score (nSPS) is 10.3. The monoisotopic (exact) mass is 443 g/mol. The van der Waals surface area contributed by atoms with Gasteiger partial charge in [-0.15, -0.1) is 0 Å². The van der Waals surface area contributed by atoms with Crippen LogP contribution in [0.1, 0.15) is 15.9 Å². The molecule has 0 aliphatic heterocycles. The van der Waals surface area contributed by atoms with E-state index < -0.39 is 21.4 Å². The summed E-state index contributed by atoms with van der Waals surface area (Å²) >= 11 is 6.08. The van der Waals surface area contributed by atoms with Gasteiger partial charge in [-0.25, -0.2) is 9.97 Å². The number of anilines is 3. The van der Waals surface area contributed by atoms with E-state index in [0.29, 0.717) is 16.3 Å². The Hall–Kier alpha value is -4.32. The molecule has 0 saturated carbocycles. The van der Waals surface area contributed by atoms with Crippen LogP contribution in [0.4, 0.5) is 28.7 Å². The van der Waals surface area contributed by atoms with Gasteiger partial charge in [0.25, 0.3) is 11.6 Å². The predicted octanol–water partition coefficient (Wildman–Crippen LogP) is 3.76. The molecule has 0 atom stereocenters. The Kier molecular flexibility index (Phi) is 6.21. The van der Waals surface area contributed by atoms with Crippen LogP contribution >= 0.6 is 11.6 Å². The van der Waals surface area contributed by atoms with Crippen molar-refractivity contribution in [3.05, 3.63) is 85.2 Å². The number of non-ortho nitro benzene ring substituents is 1. The quantitative estimate of drug-likeness (QED) is 0.364. The summed E-state index contributed by atoms with van der Waals surface area (Å²) in [5.74, 6) is -1.06. The Labute approximate surface area is 179 Å². The van der Waals surface area contributed by atoms with E-state index >= 15 is 0 Å². The third-order valence-corrected chi connectivity index (χ3v) is 4.57. The first-order valence-corrected chi connectivity index (χ1v) is 8.98. The molecule has 0 aliphatic carbocycles. The SMILES string of the molecule is Cc1c(Cl)cccc1Nc1ncnc(NNC(=O)c2ccc([N+](=O)[O-])cc2)c1[N+](=O)[O-]. The molecule has 0 radical (unpaired) electrons. The highest BCUT2D eigenvalue weighted by molar-refractivity contribution is 6.31. The molecule has 12 nitrogen and oxygen atoms in total. The Balaban J connectivity index is 1.82. The minimum atomic E-state index is -0.706. The van der Waals surface area contributed by atoms with Crippen molar-refractivity contribution in [1.29, 1.82) is 0 Å². The molecule has 3 aromatic rings. The van der Waals surface area contributed by atoms with Crippen LogP contribution in [-0.2, 0) is 0 Å². The lowest BCUT2D eigenvalue weighted by Gasteiger charge is -2.12. The molecule has 13 heteroatoms. The zero-order chi connectivity index (χ0) is 22.5. The van der Waals surface area contributed by atoms with Crippen LogP contribution in [0.5, 0.6) is 0 Å². The zero-order valence-electron chi connectivity index (χ0n) is 15.8. The van der Waals surface area contributed by atoms with Gasteiger partial charge in [0, 0.05) is 28.4 Å². The molecule has 0 saturated heterocycles. The number of rotatable bonds is 7. The van der Waals surface area contributed by atoms with E-state index in [1.54, 1.807) is 25.1 Å². The lowest BCUT2D eigenvalue weighted by atomic mass is 10.2. The first-order chi connectivity index (χ1) is 14.8. The Morgan fingerprint density at radius 1 is 1.00 bits per heavy atom. The fraction of sp³-hybridized carbons (Fsp3) is 0.0556. The Morgan fingerprint density at radius 3 is 2.32 bits per heavy atom. The minimum absolute atomic E-state index is 0.0997. The Morgan fingerprint density at radius 2 is 1.68 bits per heavy atom. The first kappa shape index (κ1) is 21.4. The number of nitrogens with zero attached hydrogens (tertiary/aromatic N) is 4. The number of hydrogen-bond acceptors (Lipinski definition) is 9. The molecule has 2 aromatic carbocycles. The number of nitro benzene ring substituents is 1. The largest absolute Gasteiger partial charge is 0.355 e. The fourth-order valence-electron chi connectivity index (χ4n) is 2.53. The standard InChI is InChI=1S/C18H14ClN7O5/c1-10-13(19)3-2-4-14(10)22-16-15(26(30)31)17(21-9-20-16)23-24-18(27)11-5-7-12(8-6-11)25(28)29/h2-9H,1H3,(H,24,27)(H2,20,21,22,23). The number of carbonyl (C=O) groups excluding carboxylic acids is 1. The van der Waals surface area contributed by atoms with Gasteiger partial charge in [0.05, 0.1) is 9.85 Å². The van der Waals surface area contributed by atoms with Crippen LogP contribution in [-0.4, -0.2) is 25.7 Å². The van der Waals surface area contributed by atoms with Crippen LogP contribution in [0.25, 0.3) is 0 Å². The number of hydrazine groups is 1. The third kappa shape index (κ3) is 4.82. The van der Waals surface area contributed by atoms with Gasteiger partial charge in [-0.1, -0.05) is 17.7 Å². The molecule has 1 amide bonds. The minimum Gasteiger partial charge on any atom is -0.334 e. The number of nitrogens with one attached hydrogen (secondary N) is 3. The van der Waals surface area contributed by atoms with Crippen molar-refractivity contribution >= 4 is 46.2 Å². The second kappa shape index (κ2) is 9.00. The van der Waals surface area contributed by atoms with E-state index in [4.69, 9.17) is 11.6 Å². The topological polar surface area (TPSA) is 165 Å². The average Bonchev–Trinajstić information content (AvgIpc) is 2.75. The van der Waals surface area contributed by atoms with Gasteiger partial charge in [-0.05, 0) is 36.8 Å². The molecule has 3 N–H and O–H groups in total. The van der Waals surface area contributed by atoms with Gasteiger partial charge in [-0.2, -0.15) is 0 Å². The van der Waals surface area contributed by atoms with E-state index in [9.17, 15) is 25.0 Å². The molecule has 0 spiro atoms. The van der Waals surface area contributed by atoms with Gasteiger partial charge in [0.1, 0.15) is 6.33 Å². The summed E-state index contributed by atoms with van der Waals surface area (Å²) in [7, 11) is 0. The molecular weight excluding hydrogens is 430 g/mol. The van der Waals surface area contributed by atoms with Gasteiger partial charge in [0.15, 0.2) is 0 Å². The van der Waals surface area contributed by atoms with Gasteiger partial charge < -0.3 is 5.32 Å². The maximum atomic E-state index is 12.3. The molecule has 31 heavy (non-hydrogen) atoms. The molecule has 0 unspecified atom stereocenters. The fourth-order valence-corrected chi connectivity index (χ4v) is 2.70. The summed E-state index contributed by atoms with van der Waals surface area (Å²) in [6, 6.07) is 9.85.